The van der Waals surface area contributed by atoms with Gasteiger partial charge >= 0.3 is 0 Å². The first-order valence-corrected chi connectivity index (χ1v) is 13.6. The fourth-order valence-electron chi connectivity index (χ4n) is 5.63. The summed E-state index contributed by atoms with van der Waals surface area (Å²) in [6.45, 7) is 5.64. The number of anilines is 1. The molecule has 1 fully saturated rings. The first kappa shape index (κ1) is 23.1. The second-order valence-electron chi connectivity index (χ2n) is 9.97. The highest BCUT2D eigenvalue weighted by Gasteiger charge is 2.43. The predicted octanol–water partition coefficient (Wildman–Crippen LogP) is 4.21. The molecule has 0 amide bonds. The summed E-state index contributed by atoms with van der Waals surface area (Å²) in [6, 6.07) is 11.5. The van der Waals surface area contributed by atoms with E-state index in [-0.39, 0.29) is 17.2 Å². The molecule has 0 spiro atoms. The van der Waals surface area contributed by atoms with Crippen molar-refractivity contribution >= 4 is 38.7 Å². The quantitative estimate of drug-likeness (QED) is 0.688. The van der Waals surface area contributed by atoms with Gasteiger partial charge in [-0.05, 0) is 65.8 Å². The Morgan fingerprint density at radius 1 is 1.15 bits per heavy atom. The number of sulfonamides is 1. The SMILES string of the molecule is CC1(C)C2=C(C(=O)c3cc(Cl)c(N4CCC(NS(C)(=O)=O)CC4)cc31)c1ccc(C#N)cc1C2. The Kier molecular flexibility index (Phi) is 5.40. The lowest BCUT2D eigenvalue weighted by Gasteiger charge is -2.38. The number of benzene rings is 2. The van der Waals surface area contributed by atoms with Crippen LogP contribution < -0.4 is 9.62 Å². The monoisotopic (exact) mass is 495 g/mol. The van der Waals surface area contributed by atoms with Gasteiger partial charge in [0.25, 0.3) is 0 Å². The van der Waals surface area contributed by atoms with Gasteiger partial charge in [0.2, 0.25) is 10.0 Å². The molecular formula is C26H26ClN3O3S. The molecule has 34 heavy (non-hydrogen) atoms. The molecule has 1 saturated heterocycles. The molecule has 2 aliphatic carbocycles. The van der Waals surface area contributed by atoms with E-state index in [9.17, 15) is 18.5 Å². The second kappa shape index (κ2) is 7.94. The number of allylic oxidation sites excluding steroid dienone is 2. The molecule has 2 aromatic rings. The van der Waals surface area contributed by atoms with Crippen molar-refractivity contribution in [3.63, 3.8) is 0 Å². The van der Waals surface area contributed by atoms with Crippen LogP contribution >= 0.6 is 11.6 Å². The van der Waals surface area contributed by atoms with Crippen molar-refractivity contribution in [2.75, 3.05) is 24.2 Å². The molecule has 176 valence electrons. The van der Waals surface area contributed by atoms with E-state index in [2.05, 4.69) is 29.5 Å². The standard InChI is InChI=1S/C26H26ClN3O3S/c1-26(2)20-13-23(30-8-6-17(7-9-30)29-34(3,32)33)22(27)12-19(20)25(31)24-18-5-4-15(14-28)10-16(18)11-21(24)26/h4-5,10,12-13,17,29H,6-9,11H2,1-3H3. The van der Waals surface area contributed by atoms with Gasteiger partial charge in [0.1, 0.15) is 0 Å². The Morgan fingerprint density at radius 2 is 1.85 bits per heavy atom. The zero-order valence-corrected chi connectivity index (χ0v) is 21.0. The van der Waals surface area contributed by atoms with Crippen LogP contribution in [0.2, 0.25) is 5.02 Å². The average molecular weight is 496 g/mol. The van der Waals surface area contributed by atoms with Crippen LogP contribution in [0.5, 0.6) is 0 Å². The van der Waals surface area contributed by atoms with Gasteiger partial charge in [-0.3, -0.25) is 4.79 Å². The molecule has 2 aromatic carbocycles. The first-order chi connectivity index (χ1) is 16.0. The Balaban J connectivity index is 1.49. The van der Waals surface area contributed by atoms with Crippen LogP contribution in [0.3, 0.4) is 0 Å². The number of ketones is 1. The highest BCUT2D eigenvalue weighted by atomic mass is 35.5. The molecule has 8 heteroatoms. The normalized spacial score (nSPS) is 19.5. The number of hydrogen-bond acceptors (Lipinski definition) is 5. The van der Waals surface area contributed by atoms with Gasteiger partial charge in [0, 0.05) is 35.7 Å². The lowest BCUT2D eigenvalue weighted by molar-refractivity contribution is 0.105. The smallest absolute Gasteiger partial charge is 0.208 e. The topological polar surface area (TPSA) is 90.3 Å². The van der Waals surface area contributed by atoms with Gasteiger partial charge in [-0.25, -0.2) is 13.1 Å². The molecule has 0 radical (unpaired) electrons. The minimum Gasteiger partial charge on any atom is -0.370 e. The molecule has 6 nitrogen and oxygen atoms in total. The van der Waals surface area contributed by atoms with Crippen LogP contribution in [0.1, 0.15) is 59.3 Å². The van der Waals surface area contributed by atoms with Gasteiger partial charge in [-0.1, -0.05) is 31.5 Å². The third-order valence-corrected chi connectivity index (χ3v) is 8.44. The van der Waals surface area contributed by atoms with E-state index in [4.69, 9.17) is 11.6 Å². The van der Waals surface area contributed by atoms with Gasteiger partial charge in [0.05, 0.1) is 28.6 Å². The molecule has 0 atom stereocenters. The van der Waals surface area contributed by atoms with Gasteiger partial charge in [-0.2, -0.15) is 5.26 Å². The van der Waals surface area contributed by atoms with E-state index in [1.807, 2.05) is 18.2 Å². The number of carbonyl (C=O) groups excluding carboxylic acids is 1. The van der Waals surface area contributed by atoms with Crippen molar-refractivity contribution < 1.29 is 13.2 Å². The maximum absolute atomic E-state index is 13.7. The summed E-state index contributed by atoms with van der Waals surface area (Å²) in [6.07, 6.45) is 3.21. The van der Waals surface area contributed by atoms with Gasteiger partial charge in [-0.15, -0.1) is 0 Å². The minimum absolute atomic E-state index is 0.0164. The van der Waals surface area contributed by atoms with Crippen LogP contribution in [0.25, 0.3) is 5.57 Å². The van der Waals surface area contributed by atoms with E-state index in [0.717, 1.165) is 33.5 Å². The molecule has 1 N–H and O–H groups in total. The molecule has 5 rings (SSSR count). The van der Waals surface area contributed by atoms with Gasteiger partial charge < -0.3 is 4.90 Å². The summed E-state index contributed by atoms with van der Waals surface area (Å²) in [5.74, 6) is -0.0164. The lowest BCUT2D eigenvalue weighted by atomic mass is 9.68. The van der Waals surface area contributed by atoms with Crippen molar-refractivity contribution in [1.82, 2.24) is 4.72 Å². The number of rotatable bonds is 3. The summed E-state index contributed by atoms with van der Waals surface area (Å²) in [5.41, 5.74) is 6.45. The minimum atomic E-state index is -3.24. The summed E-state index contributed by atoms with van der Waals surface area (Å²) in [4.78, 5) is 15.8. The highest BCUT2D eigenvalue weighted by Crippen LogP contribution is 2.51. The number of piperidine rings is 1. The highest BCUT2D eigenvalue weighted by molar-refractivity contribution is 7.88. The first-order valence-electron chi connectivity index (χ1n) is 11.4. The van der Waals surface area contributed by atoms with Crippen molar-refractivity contribution in [2.45, 2.75) is 44.6 Å². The van der Waals surface area contributed by atoms with Crippen molar-refractivity contribution in [3.05, 3.63) is 68.7 Å². The van der Waals surface area contributed by atoms with Crippen LogP contribution in [-0.2, 0) is 21.9 Å². The molecule has 0 saturated carbocycles. The number of hydrogen-bond donors (Lipinski definition) is 1. The van der Waals surface area contributed by atoms with E-state index in [1.165, 1.54) is 6.26 Å². The molecular weight excluding hydrogens is 470 g/mol. The zero-order chi connectivity index (χ0) is 24.4. The third-order valence-electron chi connectivity index (χ3n) is 7.38. The van der Waals surface area contributed by atoms with E-state index in [0.29, 0.717) is 48.5 Å². The fourth-order valence-corrected chi connectivity index (χ4v) is 6.76. The van der Waals surface area contributed by atoms with Gasteiger partial charge in [0.15, 0.2) is 5.78 Å². The maximum atomic E-state index is 13.7. The zero-order valence-electron chi connectivity index (χ0n) is 19.4. The molecule has 1 heterocycles. The molecule has 0 aromatic heterocycles. The van der Waals surface area contributed by atoms with Crippen LogP contribution in [0, 0.1) is 11.3 Å². The number of fused-ring (bicyclic) bond motifs is 3. The predicted molar refractivity (Wildman–Crippen MR) is 134 cm³/mol. The maximum Gasteiger partial charge on any atom is 0.208 e. The van der Waals surface area contributed by atoms with E-state index in [1.54, 1.807) is 12.1 Å². The van der Waals surface area contributed by atoms with Crippen LogP contribution in [0.4, 0.5) is 5.69 Å². The third kappa shape index (κ3) is 3.74. The summed E-state index contributed by atoms with van der Waals surface area (Å²) in [5, 5.41) is 9.82. The number of halogens is 1. The van der Waals surface area contributed by atoms with E-state index < -0.39 is 10.0 Å². The Labute approximate surface area is 205 Å². The summed E-state index contributed by atoms with van der Waals surface area (Å²) in [7, 11) is -3.24. The Morgan fingerprint density at radius 3 is 2.50 bits per heavy atom. The number of carbonyl (C=O) groups is 1. The lowest BCUT2D eigenvalue weighted by Crippen LogP contribution is -2.44. The fraction of sp³-hybridized carbons (Fsp3) is 0.385. The number of nitriles is 1. The Hall–Kier alpha value is -2.66. The number of Topliss-reactive ketones (excluding diaryl/α,β-unsaturated/α-hetero) is 1. The summed E-state index contributed by atoms with van der Waals surface area (Å²) < 4.78 is 25.9. The van der Waals surface area contributed by atoms with Crippen molar-refractivity contribution in [2.24, 2.45) is 0 Å². The van der Waals surface area contributed by atoms with Crippen LogP contribution in [-0.4, -0.2) is 39.6 Å². The number of nitrogens with zero attached hydrogens (tertiary/aromatic N) is 2. The van der Waals surface area contributed by atoms with Crippen molar-refractivity contribution in [1.29, 1.82) is 5.26 Å². The Bertz CT molecular complexity index is 1410. The largest absolute Gasteiger partial charge is 0.370 e. The summed E-state index contributed by atoms with van der Waals surface area (Å²) >= 11 is 6.72. The number of nitrogens with one attached hydrogen (secondary N) is 1. The van der Waals surface area contributed by atoms with Crippen LogP contribution in [0.15, 0.2) is 35.9 Å². The second-order valence-corrected chi connectivity index (χ2v) is 12.2. The molecule has 3 aliphatic rings. The average Bonchev–Trinajstić information content (AvgIpc) is 3.17. The molecule has 0 bridgehead atoms. The molecule has 1 aliphatic heterocycles. The van der Waals surface area contributed by atoms with E-state index >= 15 is 0 Å². The van der Waals surface area contributed by atoms with Crippen molar-refractivity contribution in [3.8, 4) is 6.07 Å². The molecule has 0 unspecified atom stereocenters.